The Kier molecular flexibility index (Phi) is 4.33. The van der Waals surface area contributed by atoms with Gasteiger partial charge in [-0.3, -0.25) is 9.48 Å². The van der Waals surface area contributed by atoms with Crippen molar-refractivity contribution < 1.29 is 18.7 Å². The van der Waals surface area contributed by atoms with Crippen molar-refractivity contribution >= 4 is 22.5 Å². The van der Waals surface area contributed by atoms with Gasteiger partial charge >= 0.3 is 0 Å². The zero-order valence-corrected chi connectivity index (χ0v) is 13.2. The predicted molar refractivity (Wildman–Crippen MR) is 87.9 cm³/mol. The van der Waals surface area contributed by atoms with Crippen LogP contribution in [0.5, 0.6) is 11.5 Å². The van der Waals surface area contributed by atoms with Crippen molar-refractivity contribution in [2.24, 2.45) is 0 Å². The first-order chi connectivity index (χ1) is 11.6. The van der Waals surface area contributed by atoms with Gasteiger partial charge in [0.15, 0.2) is 11.6 Å². The van der Waals surface area contributed by atoms with E-state index < -0.39 is 5.82 Å². The van der Waals surface area contributed by atoms with E-state index in [4.69, 9.17) is 9.47 Å². The summed E-state index contributed by atoms with van der Waals surface area (Å²) in [4.78, 5) is 12.3. The minimum atomic E-state index is -0.585. The summed E-state index contributed by atoms with van der Waals surface area (Å²) >= 11 is 0. The summed E-state index contributed by atoms with van der Waals surface area (Å²) in [7, 11) is 2.79. The second-order valence-electron chi connectivity index (χ2n) is 5.10. The summed E-state index contributed by atoms with van der Waals surface area (Å²) in [5.74, 6) is -0.570. The van der Waals surface area contributed by atoms with Crippen molar-refractivity contribution in [3.8, 4) is 11.5 Å². The van der Waals surface area contributed by atoms with Crippen molar-refractivity contribution in [2.45, 2.75) is 6.54 Å². The van der Waals surface area contributed by atoms with Gasteiger partial charge in [0.1, 0.15) is 12.3 Å². The van der Waals surface area contributed by atoms with Crippen LogP contribution in [-0.2, 0) is 11.3 Å². The summed E-state index contributed by atoms with van der Waals surface area (Å²) in [5.41, 5.74) is 1.08. The molecule has 3 aromatic rings. The lowest BCUT2D eigenvalue weighted by Crippen LogP contribution is -2.20. The highest BCUT2D eigenvalue weighted by molar-refractivity contribution is 5.93. The highest BCUT2D eigenvalue weighted by atomic mass is 19.1. The third-order valence-electron chi connectivity index (χ3n) is 3.59. The highest BCUT2D eigenvalue weighted by Gasteiger charge is 2.14. The van der Waals surface area contributed by atoms with Gasteiger partial charge in [0.2, 0.25) is 5.91 Å². The van der Waals surface area contributed by atoms with E-state index in [1.807, 2.05) is 24.3 Å². The van der Waals surface area contributed by atoms with Crippen molar-refractivity contribution in [3.05, 3.63) is 48.4 Å². The van der Waals surface area contributed by atoms with Gasteiger partial charge in [-0.25, -0.2) is 4.39 Å². The van der Waals surface area contributed by atoms with E-state index >= 15 is 0 Å². The molecule has 124 valence electrons. The molecule has 0 bridgehead atoms. The summed E-state index contributed by atoms with van der Waals surface area (Å²) in [6.07, 6.45) is 1.69. The largest absolute Gasteiger partial charge is 0.494 e. The third kappa shape index (κ3) is 3.01. The number of methoxy groups -OCH3 is 2. The number of nitrogens with zero attached hydrogens (tertiary/aromatic N) is 2. The molecule has 0 radical (unpaired) electrons. The maximum absolute atomic E-state index is 13.9. The molecule has 2 aromatic carbocycles. The van der Waals surface area contributed by atoms with Crippen LogP contribution >= 0.6 is 0 Å². The molecule has 0 saturated carbocycles. The Labute approximate surface area is 137 Å². The monoisotopic (exact) mass is 329 g/mol. The zero-order chi connectivity index (χ0) is 17.1. The molecule has 0 aliphatic heterocycles. The molecule has 1 heterocycles. The van der Waals surface area contributed by atoms with Crippen LogP contribution in [0.25, 0.3) is 10.9 Å². The molecule has 3 rings (SSSR count). The topological polar surface area (TPSA) is 65.4 Å². The number of anilines is 1. The highest BCUT2D eigenvalue weighted by Crippen LogP contribution is 2.31. The minimum Gasteiger partial charge on any atom is -0.494 e. The van der Waals surface area contributed by atoms with Crippen LogP contribution in [0.4, 0.5) is 10.1 Å². The van der Waals surface area contributed by atoms with Crippen LogP contribution in [0, 0.1) is 5.82 Å². The maximum Gasteiger partial charge on any atom is 0.246 e. The number of aromatic nitrogens is 2. The molecular weight excluding hydrogens is 313 g/mol. The fourth-order valence-corrected chi connectivity index (χ4v) is 2.44. The van der Waals surface area contributed by atoms with Crippen molar-refractivity contribution in [1.29, 1.82) is 0 Å². The molecule has 1 N–H and O–H groups in total. The fourth-order valence-electron chi connectivity index (χ4n) is 2.44. The van der Waals surface area contributed by atoms with Gasteiger partial charge in [0.25, 0.3) is 0 Å². The lowest BCUT2D eigenvalue weighted by Gasteiger charge is -2.12. The van der Waals surface area contributed by atoms with Crippen molar-refractivity contribution in [2.75, 3.05) is 19.5 Å². The van der Waals surface area contributed by atoms with E-state index in [1.54, 1.807) is 10.9 Å². The van der Waals surface area contributed by atoms with Gasteiger partial charge in [-0.15, -0.1) is 0 Å². The smallest absolute Gasteiger partial charge is 0.246 e. The standard InChI is InChI=1S/C17H16FN3O3/c1-23-15-8-16(24-2)13(7-12(15)18)20-17(22)10-21-14-6-4-3-5-11(14)9-19-21/h3-9H,10H2,1-2H3,(H,20,22). The van der Waals surface area contributed by atoms with Gasteiger partial charge in [-0.2, -0.15) is 5.10 Å². The van der Waals surface area contributed by atoms with Gasteiger partial charge in [0, 0.05) is 17.5 Å². The van der Waals surface area contributed by atoms with Gasteiger partial charge < -0.3 is 14.8 Å². The van der Waals surface area contributed by atoms with Gasteiger partial charge in [-0.05, 0) is 6.07 Å². The average Bonchev–Trinajstić information content (AvgIpc) is 2.98. The number of hydrogen-bond donors (Lipinski definition) is 1. The number of benzene rings is 2. The molecule has 0 unspecified atom stereocenters. The Morgan fingerprint density at radius 2 is 1.96 bits per heavy atom. The molecule has 0 saturated heterocycles. The molecule has 0 aliphatic carbocycles. The van der Waals surface area contributed by atoms with Crippen molar-refractivity contribution in [3.63, 3.8) is 0 Å². The third-order valence-corrected chi connectivity index (χ3v) is 3.59. The first kappa shape index (κ1) is 15.8. The predicted octanol–water partition coefficient (Wildman–Crippen LogP) is 2.83. The van der Waals surface area contributed by atoms with Crippen LogP contribution in [0.2, 0.25) is 0 Å². The van der Waals surface area contributed by atoms with Crippen LogP contribution in [0.15, 0.2) is 42.6 Å². The van der Waals surface area contributed by atoms with Crippen LogP contribution in [0.1, 0.15) is 0 Å². The van der Waals surface area contributed by atoms with E-state index in [-0.39, 0.29) is 23.9 Å². The summed E-state index contributed by atoms with van der Waals surface area (Å²) in [6, 6.07) is 10.1. The summed E-state index contributed by atoms with van der Waals surface area (Å²) in [5, 5.41) is 7.77. The van der Waals surface area contributed by atoms with E-state index in [9.17, 15) is 9.18 Å². The summed E-state index contributed by atoms with van der Waals surface area (Å²) < 4.78 is 25.5. The number of amides is 1. The molecule has 0 aliphatic rings. The number of nitrogens with one attached hydrogen (secondary N) is 1. The van der Waals surface area contributed by atoms with Crippen LogP contribution < -0.4 is 14.8 Å². The molecule has 7 heteroatoms. The molecule has 1 aromatic heterocycles. The minimum absolute atomic E-state index is 0.00428. The molecule has 0 atom stereocenters. The Hall–Kier alpha value is -3.09. The molecular formula is C17H16FN3O3. The van der Waals surface area contributed by atoms with Gasteiger partial charge in [-0.1, -0.05) is 18.2 Å². The first-order valence-corrected chi connectivity index (χ1v) is 7.24. The zero-order valence-electron chi connectivity index (χ0n) is 13.2. The lowest BCUT2D eigenvalue weighted by atomic mass is 10.2. The molecule has 0 fully saturated rings. The number of carbonyl (C=O) groups excluding carboxylic acids is 1. The quantitative estimate of drug-likeness (QED) is 0.782. The number of ether oxygens (including phenoxy) is 2. The normalized spacial score (nSPS) is 10.6. The lowest BCUT2D eigenvalue weighted by molar-refractivity contribution is -0.116. The second kappa shape index (κ2) is 6.57. The van der Waals surface area contributed by atoms with E-state index in [2.05, 4.69) is 10.4 Å². The number of fused-ring (bicyclic) bond motifs is 1. The fraction of sp³-hybridized carbons (Fsp3) is 0.176. The second-order valence-corrected chi connectivity index (χ2v) is 5.10. The van der Waals surface area contributed by atoms with Crippen LogP contribution in [0.3, 0.4) is 0 Å². The molecule has 6 nitrogen and oxygen atoms in total. The van der Waals surface area contributed by atoms with E-state index in [0.717, 1.165) is 17.0 Å². The van der Waals surface area contributed by atoms with E-state index in [1.165, 1.54) is 20.3 Å². The number of halogens is 1. The van der Waals surface area contributed by atoms with Gasteiger partial charge in [0.05, 0.1) is 31.6 Å². The number of carbonyl (C=O) groups is 1. The number of rotatable bonds is 5. The molecule has 24 heavy (non-hydrogen) atoms. The van der Waals surface area contributed by atoms with Crippen molar-refractivity contribution in [1.82, 2.24) is 9.78 Å². The number of hydrogen-bond acceptors (Lipinski definition) is 4. The van der Waals surface area contributed by atoms with E-state index in [0.29, 0.717) is 5.75 Å². The molecule has 0 spiro atoms. The average molecular weight is 329 g/mol. The van der Waals surface area contributed by atoms with Crippen LogP contribution in [-0.4, -0.2) is 29.9 Å². The SMILES string of the molecule is COc1cc(OC)c(NC(=O)Cn2ncc3ccccc32)cc1F. The Bertz CT molecular complexity index is 892. The Balaban J connectivity index is 1.81. The number of para-hydroxylation sites is 1. The maximum atomic E-state index is 13.9. The Morgan fingerprint density at radius 1 is 1.21 bits per heavy atom. The first-order valence-electron chi connectivity index (χ1n) is 7.24. The molecule has 1 amide bonds. The summed E-state index contributed by atoms with van der Waals surface area (Å²) in [6.45, 7) is 0.00428. The Morgan fingerprint density at radius 3 is 2.71 bits per heavy atom.